The van der Waals surface area contributed by atoms with Gasteiger partial charge >= 0.3 is 0 Å². The molecule has 4 fully saturated rings. The van der Waals surface area contributed by atoms with Crippen molar-refractivity contribution in [1.29, 1.82) is 0 Å². The number of nitrogens with one attached hydrogen (secondary N) is 1. The minimum absolute atomic E-state index is 0.0947. The Morgan fingerprint density at radius 3 is 1.74 bits per heavy atom. The predicted molar refractivity (Wildman–Crippen MR) is 160 cm³/mol. The first-order valence-corrected chi connectivity index (χ1v) is 16.1. The molecular formula is C27H55N7O13. The van der Waals surface area contributed by atoms with E-state index < -0.39 is 123 Å². The molecule has 47 heavy (non-hydrogen) atoms. The Kier molecular flexibility index (Phi) is 14.5. The van der Waals surface area contributed by atoms with E-state index in [1.807, 2.05) is 0 Å². The summed E-state index contributed by atoms with van der Waals surface area (Å²) < 4.78 is 35.3. The molecule has 0 radical (unpaired) electrons. The van der Waals surface area contributed by atoms with Crippen molar-refractivity contribution in [2.45, 2.75) is 136 Å². The van der Waals surface area contributed by atoms with Gasteiger partial charge in [0.05, 0.1) is 24.8 Å². The van der Waals surface area contributed by atoms with Gasteiger partial charge in [-0.3, -0.25) is 0 Å². The van der Waals surface area contributed by atoms with Crippen LogP contribution in [0.2, 0.25) is 0 Å². The first-order chi connectivity index (χ1) is 22.3. The van der Waals surface area contributed by atoms with E-state index in [4.69, 9.17) is 62.8 Å². The van der Waals surface area contributed by atoms with Crippen molar-refractivity contribution >= 4 is 0 Å². The van der Waals surface area contributed by atoms with E-state index in [1.165, 1.54) is 0 Å². The molecule has 20 N–H and O–H groups in total. The third-order valence-corrected chi connectivity index (χ3v) is 9.29. The molecule has 20 nitrogen and oxygen atoms in total. The summed E-state index contributed by atoms with van der Waals surface area (Å²) in [5.74, 6) is 0. The highest BCUT2D eigenvalue weighted by molar-refractivity contribution is 5.02. The van der Waals surface area contributed by atoms with Crippen molar-refractivity contribution in [2.24, 2.45) is 34.4 Å². The fraction of sp³-hybridized carbons (Fsp3) is 1.00. The van der Waals surface area contributed by atoms with Gasteiger partial charge in [-0.05, 0) is 32.4 Å². The third kappa shape index (κ3) is 8.75. The van der Waals surface area contributed by atoms with Crippen molar-refractivity contribution in [3.8, 4) is 0 Å². The molecule has 0 amide bonds. The summed E-state index contributed by atoms with van der Waals surface area (Å²) in [7, 11) is 0. The molecule has 0 bridgehead atoms. The fourth-order valence-electron chi connectivity index (χ4n) is 6.36. The molecule has 4 rings (SSSR count). The van der Waals surface area contributed by atoms with Crippen molar-refractivity contribution in [3.05, 3.63) is 0 Å². The van der Waals surface area contributed by atoms with Crippen LogP contribution >= 0.6 is 0 Å². The first-order valence-electron chi connectivity index (χ1n) is 16.1. The van der Waals surface area contributed by atoms with Crippen LogP contribution in [0.5, 0.6) is 0 Å². The molecular weight excluding hydrogens is 630 g/mol. The SMILES string of the molecule is NCCCCNC[C@H]1O[C@H](O[C@H]2[C@H](O[C@@H]3O[C@H](CO)[C@@H](O[C@H]4OC(CN)[C@@H](O)[C@H](O)[C@H]4N)[C@H]3O)[C@@H](O)[C@H](N)C[C@@H]2N)[C@H](N)[C@@H](O)[C@@H]1O. The molecule has 3 heterocycles. The fourth-order valence-corrected chi connectivity index (χ4v) is 6.36. The molecule has 0 spiro atoms. The summed E-state index contributed by atoms with van der Waals surface area (Å²) in [4.78, 5) is 0. The molecule has 276 valence electrons. The monoisotopic (exact) mass is 685 g/mol. The van der Waals surface area contributed by atoms with Crippen LogP contribution in [0, 0.1) is 0 Å². The van der Waals surface area contributed by atoms with Crippen LogP contribution in [0.3, 0.4) is 0 Å². The van der Waals surface area contributed by atoms with Gasteiger partial charge in [0.25, 0.3) is 0 Å². The minimum Gasteiger partial charge on any atom is -0.394 e. The summed E-state index contributed by atoms with van der Waals surface area (Å²) in [5.41, 5.74) is 35.9. The highest BCUT2D eigenvalue weighted by atomic mass is 16.8. The Labute approximate surface area is 272 Å². The number of hydrogen-bond donors (Lipinski definition) is 14. The molecule has 19 atom stereocenters. The number of nitrogens with two attached hydrogens (primary N) is 6. The minimum atomic E-state index is -1.61. The first kappa shape index (κ1) is 39.0. The van der Waals surface area contributed by atoms with Gasteiger partial charge in [0.15, 0.2) is 18.9 Å². The lowest BCUT2D eigenvalue weighted by Gasteiger charge is -2.47. The van der Waals surface area contributed by atoms with E-state index in [1.54, 1.807) is 0 Å². The van der Waals surface area contributed by atoms with Gasteiger partial charge < -0.3 is 104 Å². The molecule has 0 aromatic rings. The molecule has 0 aromatic carbocycles. The summed E-state index contributed by atoms with van der Waals surface area (Å²) in [6, 6.07) is -4.18. The molecule has 4 aliphatic rings. The van der Waals surface area contributed by atoms with Crippen LogP contribution in [0.25, 0.3) is 0 Å². The second-order valence-electron chi connectivity index (χ2n) is 12.7. The number of unbranched alkanes of at least 4 members (excludes halogenated alkanes) is 1. The maximum absolute atomic E-state index is 11.2. The number of rotatable bonds is 14. The van der Waals surface area contributed by atoms with Crippen LogP contribution in [0.4, 0.5) is 0 Å². The molecule has 1 unspecified atom stereocenters. The summed E-state index contributed by atoms with van der Waals surface area (Å²) in [5, 5.41) is 77.3. The third-order valence-electron chi connectivity index (χ3n) is 9.29. The van der Waals surface area contributed by atoms with Gasteiger partial charge in [0, 0.05) is 25.2 Å². The quantitative estimate of drug-likeness (QED) is 0.0754. The largest absolute Gasteiger partial charge is 0.394 e. The maximum atomic E-state index is 11.2. The molecule has 0 aromatic heterocycles. The molecule has 1 saturated carbocycles. The molecule has 3 saturated heterocycles. The maximum Gasteiger partial charge on any atom is 0.187 e. The van der Waals surface area contributed by atoms with Gasteiger partial charge in [0.1, 0.15) is 67.1 Å². The number of hydrogen-bond acceptors (Lipinski definition) is 20. The molecule has 20 heteroatoms. The highest BCUT2D eigenvalue weighted by Crippen LogP contribution is 2.34. The van der Waals surface area contributed by atoms with Crippen LogP contribution < -0.4 is 39.7 Å². The average Bonchev–Trinajstić information content (AvgIpc) is 3.35. The molecule has 1 aliphatic carbocycles. The van der Waals surface area contributed by atoms with Gasteiger partial charge in [-0.15, -0.1) is 0 Å². The van der Waals surface area contributed by atoms with Crippen molar-refractivity contribution in [3.63, 3.8) is 0 Å². The van der Waals surface area contributed by atoms with Crippen molar-refractivity contribution < 1.29 is 64.2 Å². The topological polar surface area (TPSA) is 365 Å². The van der Waals surface area contributed by atoms with Crippen LogP contribution in [0.15, 0.2) is 0 Å². The van der Waals surface area contributed by atoms with Gasteiger partial charge in [-0.2, -0.15) is 0 Å². The summed E-state index contributed by atoms with van der Waals surface area (Å²) >= 11 is 0. The van der Waals surface area contributed by atoms with E-state index in [-0.39, 0.29) is 19.5 Å². The van der Waals surface area contributed by atoms with Gasteiger partial charge in [0.2, 0.25) is 0 Å². The van der Waals surface area contributed by atoms with Crippen LogP contribution in [0.1, 0.15) is 19.3 Å². The normalized spacial score (nSPS) is 49.3. The van der Waals surface area contributed by atoms with E-state index in [0.29, 0.717) is 13.1 Å². The Bertz CT molecular complexity index is 951. The van der Waals surface area contributed by atoms with E-state index in [0.717, 1.165) is 12.8 Å². The number of ether oxygens (including phenoxy) is 6. The van der Waals surface area contributed by atoms with Gasteiger partial charge in [-0.25, -0.2) is 0 Å². The summed E-state index contributed by atoms with van der Waals surface area (Å²) in [6.45, 7) is 0.499. The molecule has 3 aliphatic heterocycles. The average molecular weight is 686 g/mol. The highest BCUT2D eigenvalue weighted by Gasteiger charge is 2.54. The zero-order valence-corrected chi connectivity index (χ0v) is 26.2. The van der Waals surface area contributed by atoms with Crippen molar-refractivity contribution in [2.75, 3.05) is 32.8 Å². The predicted octanol–water partition coefficient (Wildman–Crippen LogP) is -8.53. The Hall–Kier alpha value is -0.800. The Balaban J connectivity index is 1.46. The van der Waals surface area contributed by atoms with E-state index in [9.17, 15) is 35.7 Å². The van der Waals surface area contributed by atoms with Crippen LogP contribution in [-0.4, -0.2) is 185 Å². The lowest BCUT2D eigenvalue weighted by atomic mass is 9.84. The van der Waals surface area contributed by atoms with Gasteiger partial charge in [-0.1, -0.05) is 0 Å². The Morgan fingerprint density at radius 2 is 1.15 bits per heavy atom. The second-order valence-corrected chi connectivity index (χ2v) is 12.7. The summed E-state index contributed by atoms with van der Waals surface area (Å²) in [6.07, 6.45) is -18.0. The number of aliphatic hydroxyl groups excluding tert-OH is 7. The number of aliphatic hydroxyl groups is 7. The zero-order chi connectivity index (χ0) is 34.6. The standard InChI is InChI=1S/C27H55N7O13/c28-3-1-2-4-34-7-12-18(38)20(40)15(33)26(43-12)45-22-10(31)5-9(30)16(36)24(22)47-27-21(41)23(13(8-35)44-27)46-25-14(32)19(39)17(37)11(6-29)42-25/h9-27,34-41H,1-8,28-33H2/t9-,10+,11?,12-,13-,14-,15-,16+,17-,18-,19-,20-,21-,22-,23-,24-,25-,26-,27+/m1/s1. The lowest BCUT2D eigenvalue weighted by Crippen LogP contribution is -2.68. The van der Waals surface area contributed by atoms with E-state index in [2.05, 4.69) is 5.32 Å². The van der Waals surface area contributed by atoms with Crippen molar-refractivity contribution in [1.82, 2.24) is 5.32 Å². The smallest absolute Gasteiger partial charge is 0.187 e. The van der Waals surface area contributed by atoms with Crippen LogP contribution in [-0.2, 0) is 28.4 Å². The Morgan fingerprint density at radius 1 is 0.596 bits per heavy atom. The second kappa shape index (κ2) is 17.4. The zero-order valence-electron chi connectivity index (χ0n) is 26.2. The van der Waals surface area contributed by atoms with E-state index >= 15 is 0 Å². The lowest BCUT2D eigenvalue weighted by molar-refractivity contribution is -0.307.